The van der Waals surface area contributed by atoms with Crippen molar-refractivity contribution in [2.45, 2.75) is 20.0 Å². The third-order valence-electron chi connectivity index (χ3n) is 0.337. The third kappa shape index (κ3) is 9.44. The van der Waals surface area contributed by atoms with Crippen LogP contribution < -0.4 is 0 Å². The topological polar surface area (TPSA) is 26.3 Å². The Morgan fingerprint density at radius 3 is 2.00 bits per heavy atom. The molecule has 0 radical (unpaired) electrons. The summed E-state index contributed by atoms with van der Waals surface area (Å²) in [6.45, 7) is 3.54. The van der Waals surface area contributed by atoms with Crippen LogP contribution in [-0.2, 0) is 4.74 Å². The van der Waals surface area contributed by atoms with Crippen molar-refractivity contribution in [3.05, 3.63) is 0 Å². The summed E-state index contributed by atoms with van der Waals surface area (Å²) in [6.07, 6.45) is -0.0509. The number of hydrogen-bond donors (Lipinski definition) is 1. The maximum absolute atomic E-state index is 9.90. The molecule has 0 bridgehead atoms. The first-order valence-electron chi connectivity index (χ1n) is 2.02. The summed E-state index contributed by atoms with van der Waals surface area (Å²) >= 11 is 3.38. The van der Waals surface area contributed by atoms with E-state index in [9.17, 15) is 4.79 Å². The minimum absolute atomic E-state index is 0. The maximum Gasteiger partial charge on any atom is 0.364 e. The molecule has 8 heavy (non-hydrogen) atoms. The first-order chi connectivity index (χ1) is 3.13. The number of rotatable bonds is 1. The van der Waals surface area contributed by atoms with Crippen molar-refractivity contribution in [3.63, 3.8) is 0 Å². The van der Waals surface area contributed by atoms with Crippen molar-refractivity contribution >= 4 is 30.3 Å². The molecule has 0 saturated heterocycles. The Balaban J connectivity index is 0. The normalized spacial score (nSPS) is 8.00. The molecule has 0 unspecified atom stereocenters. The Morgan fingerprint density at radius 2 is 2.00 bits per heavy atom. The van der Waals surface area contributed by atoms with Crippen LogP contribution in [0.3, 0.4) is 0 Å². The van der Waals surface area contributed by atoms with Crippen LogP contribution >= 0.6 is 25.0 Å². The summed E-state index contributed by atoms with van der Waals surface area (Å²) < 4.78 is 4.48. The van der Waals surface area contributed by atoms with Crippen LogP contribution in [0.5, 0.6) is 0 Å². The van der Waals surface area contributed by atoms with E-state index in [0.29, 0.717) is 0 Å². The fourth-order valence-corrected chi connectivity index (χ4v) is 0.412. The van der Waals surface area contributed by atoms with Crippen molar-refractivity contribution in [1.29, 1.82) is 0 Å². The SMILES string of the molecule is CC(C)OC(=O)S.Cl. The number of carbonyl (C=O) groups is 1. The van der Waals surface area contributed by atoms with E-state index in [4.69, 9.17) is 0 Å². The van der Waals surface area contributed by atoms with Gasteiger partial charge in [-0.15, -0.1) is 12.4 Å². The highest BCUT2D eigenvalue weighted by Crippen LogP contribution is 1.91. The van der Waals surface area contributed by atoms with Gasteiger partial charge in [-0.05, 0) is 13.8 Å². The Hall–Kier alpha value is 0.110. The molecular weight excluding hydrogens is 148 g/mol. The second-order valence-electron chi connectivity index (χ2n) is 1.43. The van der Waals surface area contributed by atoms with Gasteiger partial charge in [0.2, 0.25) is 0 Å². The summed E-state index contributed by atoms with van der Waals surface area (Å²) in [6, 6.07) is 0. The van der Waals surface area contributed by atoms with E-state index in [1.807, 2.05) is 0 Å². The molecule has 0 atom stereocenters. The molecule has 50 valence electrons. The second kappa shape index (κ2) is 5.25. The molecule has 0 amide bonds. The Morgan fingerprint density at radius 1 is 1.62 bits per heavy atom. The molecule has 0 rings (SSSR count). The first-order valence-corrected chi connectivity index (χ1v) is 2.47. The molecule has 0 aliphatic carbocycles. The van der Waals surface area contributed by atoms with Crippen molar-refractivity contribution in [2.24, 2.45) is 0 Å². The van der Waals surface area contributed by atoms with E-state index in [1.54, 1.807) is 13.8 Å². The van der Waals surface area contributed by atoms with Crippen molar-refractivity contribution in [1.82, 2.24) is 0 Å². The van der Waals surface area contributed by atoms with E-state index in [0.717, 1.165) is 0 Å². The highest BCUT2D eigenvalue weighted by Gasteiger charge is 1.94. The average molecular weight is 157 g/mol. The lowest BCUT2D eigenvalue weighted by Crippen LogP contribution is -2.03. The fourth-order valence-electron chi connectivity index (χ4n) is 0.202. The molecule has 4 heteroatoms. The third-order valence-corrected chi connectivity index (χ3v) is 0.442. The zero-order chi connectivity index (χ0) is 5.86. The fraction of sp³-hybridized carbons (Fsp3) is 0.750. The van der Waals surface area contributed by atoms with Crippen LogP contribution in [-0.4, -0.2) is 11.4 Å². The standard InChI is InChI=1S/C4H8O2S.ClH/c1-3(2)6-4(5)7;/h3H,1-2H3,(H,5,7);1H. The van der Waals surface area contributed by atoms with E-state index in [2.05, 4.69) is 17.4 Å². The summed E-state index contributed by atoms with van der Waals surface area (Å²) in [7, 11) is 0. The van der Waals surface area contributed by atoms with Crippen molar-refractivity contribution in [2.75, 3.05) is 0 Å². The maximum atomic E-state index is 9.90. The Kier molecular flexibility index (Phi) is 7.21. The molecule has 0 aromatic rings. The molecule has 2 nitrogen and oxygen atoms in total. The first kappa shape index (κ1) is 11.0. The zero-order valence-corrected chi connectivity index (χ0v) is 6.46. The number of carbonyl (C=O) groups excluding carboxylic acids is 1. The molecule has 0 aromatic carbocycles. The number of ether oxygens (including phenoxy) is 1. The van der Waals surface area contributed by atoms with E-state index in [-0.39, 0.29) is 18.5 Å². The largest absolute Gasteiger partial charge is 0.455 e. The predicted octanol–water partition coefficient (Wildman–Crippen LogP) is 1.88. The van der Waals surface area contributed by atoms with Crippen LogP contribution in [0.15, 0.2) is 0 Å². The molecule has 0 aliphatic rings. The zero-order valence-electron chi connectivity index (χ0n) is 4.75. The van der Waals surface area contributed by atoms with Gasteiger partial charge in [0, 0.05) is 0 Å². The number of thiol groups is 1. The highest BCUT2D eigenvalue weighted by molar-refractivity contribution is 7.96. The van der Waals surface area contributed by atoms with Gasteiger partial charge >= 0.3 is 5.30 Å². The van der Waals surface area contributed by atoms with Gasteiger partial charge < -0.3 is 4.74 Å². The van der Waals surface area contributed by atoms with Crippen LogP contribution in [0.25, 0.3) is 0 Å². The lowest BCUT2D eigenvalue weighted by Gasteiger charge is -2.00. The van der Waals surface area contributed by atoms with Crippen molar-refractivity contribution < 1.29 is 9.53 Å². The Bertz CT molecular complexity index is 74.4. The molecule has 0 aliphatic heterocycles. The molecule has 0 aromatic heterocycles. The predicted molar refractivity (Wildman–Crippen MR) is 37.9 cm³/mol. The van der Waals surface area contributed by atoms with Gasteiger partial charge in [0.25, 0.3) is 0 Å². The summed E-state index contributed by atoms with van der Waals surface area (Å²) in [5, 5.41) is -0.519. The monoisotopic (exact) mass is 156 g/mol. The van der Waals surface area contributed by atoms with Crippen LogP contribution in [0.2, 0.25) is 0 Å². The second-order valence-corrected chi connectivity index (χ2v) is 1.80. The minimum atomic E-state index is -0.519. The minimum Gasteiger partial charge on any atom is -0.455 e. The van der Waals surface area contributed by atoms with Gasteiger partial charge in [0.05, 0.1) is 6.10 Å². The van der Waals surface area contributed by atoms with Crippen LogP contribution in [0.1, 0.15) is 13.8 Å². The summed E-state index contributed by atoms with van der Waals surface area (Å²) in [5.74, 6) is 0. The average Bonchev–Trinajstić information content (AvgIpc) is 1.27. The summed E-state index contributed by atoms with van der Waals surface area (Å²) in [4.78, 5) is 9.90. The van der Waals surface area contributed by atoms with Gasteiger partial charge in [-0.1, -0.05) is 12.6 Å². The lowest BCUT2D eigenvalue weighted by atomic mass is 10.5. The molecular formula is C4H9ClO2S. The van der Waals surface area contributed by atoms with Gasteiger partial charge in [0.15, 0.2) is 0 Å². The lowest BCUT2D eigenvalue weighted by molar-refractivity contribution is 0.143. The molecule has 0 saturated carbocycles. The van der Waals surface area contributed by atoms with Gasteiger partial charge in [0.1, 0.15) is 0 Å². The van der Waals surface area contributed by atoms with Crippen LogP contribution in [0.4, 0.5) is 4.79 Å². The van der Waals surface area contributed by atoms with Gasteiger partial charge in [-0.2, -0.15) is 0 Å². The number of hydrogen-bond acceptors (Lipinski definition) is 2. The Labute approximate surface area is 60.4 Å². The number of halogens is 1. The highest BCUT2D eigenvalue weighted by atomic mass is 35.5. The van der Waals surface area contributed by atoms with Crippen LogP contribution in [0, 0.1) is 0 Å². The summed E-state index contributed by atoms with van der Waals surface area (Å²) in [5.41, 5.74) is 0. The van der Waals surface area contributed by atoms with E-state index < -0.39 is 5.30 Å². The molecule has 0 fully saturated rings. The van der Waals surface area contributed by atoms with E-state index >= 15 is 0 Å². The smallest absolute Gasteiger partial charge is 0.364 e. The molecule has 0 heterocycles. The van der Waals surface area contributed by atoms with Gasteiger partial charge in [-0.25, -0.2) is 4.79 Å². The molecule has 0 spiro atoms. The van der Waals surface area contributed by atoms with E-state index in [1.165, 1.54) is 0 Å². The quantitative estimate of drug-likeness (QED) is 0.464. The van der Waals surface area contributed by atoms with Crippen molar-refractivity contribution in [3.8, 4) is 0 Å². The van der Waals surface area contributed by atoms with Gasteiger partial charge in [-0.3, -0.25) is 0 Å². The molecule has 0 N–H and O–H groups in total.